The van der Waals surface area contributed by atoms with Crippen LogP contribution in [0.3, 0.4) is 0 Å². The predicted octanol–water partition coefficient (Wildman–Crippen LogP) is 5.09. The molecule has 1 aliphatic carbocycles. The summed E-state index contributed by atoms with van der Waals surface area (Å²) in [5.41, 5.74) is 3.22. The first kappa shape index (κ1) is 28.4. The molecule has 1 aromatic carbocycles. The van der Waals surface area contributed by atoms with E-state index in [2.05, 4.69) is 36.8 Å². The Labute approximate surface area is 254 Å². The molecule has 0 saturated heterocycles. The van der Waals surface area contributed by atoms with Gasteiger partial charge in [-0.25, -0.2) is 29.7 Å². The van der Waals surface area contributed by atoms with Gasteiger partial charge in [0.1, 0.15) is 23.9 Å². The van der Waals surface area contributed by atoms with E-state index in [0.29, 0.717) is 42.0 Å². The third-order valence-corrected chi connectivity index (χ3v) is 7.70. The second kappa shape index (κ2) is 12.7. The van der Waals surface area contributed by atoms with Crippen molar-refractivity contribution in [3.8, 4) is 28.5 Å². The van der Waals surface area contributed by atoms with Gasteiger partial charge in [0.05, 0.1) is 23.7 Å². The molecule has 0 atom stereocenters. The lowest BCUT2D eigenvalue weighted by Gasteiger charge is -2.46. The van der Waals surface area contributed by atoms with E-state index in [1.165, 1.54) is 12.5 Å². The SMILES string of the molecule is Cn1cc(-c2ccc(N(C(=O)NCc3ccccc3)C3(Nc4ncc(C#N)c(-c5cncnc5)n4)CCCCC3)nc2)cn1. The molecule has 4 heterocycles. The Morgan fingerprint density at radius 2 is 1.75 bits per heavy atom. The van der Waals surface area contributed by atoms with Crippen LogP contribution in [0.5, 0.6) is 0 Å². The van der Waals surface area contributed by atoms with Gasteiger partial charge in [-0.3, -0.25) is 9.58 Å². The van der Waals surface area contributed by atoms with Crippen molar-refractivity contribution in [2.45, 2.75) is 44.3 Å². The van der Waals surface area contributed by atoms with Crippen LogP contribution in [0.1, 0.15) is 43.2 Å². The number of aryl methyl sites for hydroxylation is 1. The first-order chi connectivity index (χ1) is 21.5. The first-order valence-electron chi connectivity index (χ1n) is 14.4. The number of aromatic nitrogens is 7. The van der Waals surface area contributed by atoms with Gasteiger partial charge >= 0.3 is 6.03 Å². The maximum atomic E-state index is 14.2. The number of carbonyl (C=O) groups excluding carboxylic acids is 1. The topological polar surface area (TPSA) is 150 Å². The first-order valence-corrected chi connectivity index (χ1v) is 14.4. The molecule has 12 nitrogen and oxygen atoms in total. The normalized spacial score (nSPS) is 13.9. The van der Waals surface area contributed by atoms with E-state index in [4.69, 9.17) is 9.97 Å². The molecule has 220 valence electrons. The van der Waals surface area contributed by atoms with Gasteiger partial charge in [-0.05, 0) is 43.4 Å². The van der Waals surface area contributed by atoms with Gasteiger partial charge in [-0.1, -0.05) is 36.8 Å². The average Bonchev–Trinajstić information content (AvgIpc) is 3.51. The summed E-state index contributed by atoms with van der Waals surface area (Å²) in [5, 5.41) is 20.6. The maximum Gasteiger partial charge on any atom is 0.325 e. The fourth-order valence-corrected chi connectivity index (χ4v) is 5.54. The number of hydrogen-bond acceptors (Lipinski definition) is 9. The Morgan fingerprint density at radius 1 is 0.955 bits per heavy atom. The third-order valence-electron chi connectivity index (χ3n) is 7.70. The molecular weight excluding hydrogens is 554 g/mol. The predicted molar refractivity (Wildman–Crippen MR) is 165 cm³/mol. The Kier molecular flexibility index (Phi) is 8.18. The van der Waals surface area contributed by atoms with Gasteiger partial charge in [0.2, 0.25) is 5.95 Å². The van der Waals surface area contributed by atoms with Crippen LogP contribution in [0.15, 0.2) is 86.0 Å². The number of rotatable bonds is 8. The number of benzene rings is 1. The van der Waals surface area contributed by atoms with Crippen molar-refractivity contribution in [2.75, 3.05) is 10.2 Å². The Balaban J connectivity index is 1.39. The van der Waals surface area contributed by atoms with E-state index in [-0.39, 0.29) is 12.0 Å². The number of hydrogen-bond donors (Lipinski definition) is 2. The molecule has 12 heteroatoms. The van der Waals surface area contributed by atoms with Crippen molar-refractivity contribution in [3.05, 3.63) is 97.1 Å². The van der Waals surface area contributed by atoms with Crippen molar-refractivity contribution in [1.29, 1.82) is 5.26 Å². The van der Waals surface area contributed by atoms with Crippen LogP contribution in [0.25, 0.3) is 22.4 Å². The van der Waals surface area contributed by atoms with Crippen LogP contribution in [0.2, 0.25) is 0 Å². The molecule has 0 aliphatic heterocycles. The quantitative estimate of drug-likeness (QED) is 0.237. The molecule has 0 spiro atoms. The summed E-state index contributed by atoms with van der Waals surface area (Å²) < 4.78 is 1.74. The summed E-state index contributed by atoms with van der Waals surface area (Å²) in [4.78, 5) is 38.1. The largest absolute Gasteiger partial charge is 0.334 e. The number of nitrogens with zero attached hydrogens (tertiary/aromatic N) is 9. The lowest BCUT2D eigenvalue weighted by atomic mass is 9.87. The van der Waals surface area contributed by atoms with Crippen LogP contribution in [-0.4, -0.2) is 46.4 Å². The fraction of sp³-hybridized carbons (Fsp3) is 0.250. The number of nitriles is 1. The zero-order valence-electron chi connectivity index (χ0n) is 24.3. The van der Waals surface area contributed by atoms with Crippen LogP contribution in [0, 0.1) is 11.3 Å². The van der Waals surface area contributed by atoms with Crippen LogP contribution in [0.4, 0.5) is 16.6 Å². The molecule has 0 unspecified atom stereocenters. The number of pyridine rings is 1. The van der Waals surface area contributed by atoms with E-state index < -0.39 is 5.66 Å². The van der Waals surface area contributed by atoms with E-state index in [0.717, 1.165) is 36.0 Å². The highest BCUT2D eigenvalue weighted by Gasteiger charge is 2.43. The van der Waals surface area contributed by atoms with Gasteiger partial charge in [0, 0.05) is 55.1 Å². The smallest absolute Gasteiger partial charge is 0.325 e. The van der Waals surface area contributed by atoms with Gasteiger partial charge in [-0.15, -0.1) is 0 Å². The van der Waals surface area contributed by atoms with Crippen LogP contribution < -0.4 is 15.5 Å². The molecular formula is C32H31N11O. The minimum Gasteiger partial charge on any atom is -0.334 e. The van der Waals surface area contributed by atoms with Crippen molar-refractivity contribution in [3.63, 3.8) is 0 Å². The van der Waals surface area contributed by atoms with E-state index in [1.807, 2.05) is 55.7 Å². The minimum atomic E-state index is -0.888. The highest BCUT2D eigenvalue weighted by molar-refractivity contribution is 5.93. The van der Waals surface area contributed by atoms with Gasteiger partial charge < -0.3 is 10.6 Å². The Bertz CT molecular complexity index is 1760. The number of anilines is 2. The van der Waals surface area contributed by atoms with Crippen molar-refractivity contribution >= 4 is 17.8 Å². The van der Waals surface area contributed by atoms with E-state index in [9.17, 15) is 10.1 Å². The molecule has 4 aromatic heterocycles. The zero-order chi connectivity index (χ0) is 30.4. The summed E-state index contributed by atoms with van der Waals surface area (Å²) in [7, 11) is 1.87. The molecule has 44 heavy (non-hydrogen) atoms. The standard InChI is InChI=1S/C32H31N11O/c1-42-21-27(20-39-42)24-10-11-28(36-18-24)43(31(44)38-15-23-8-4-2-5-9-23)32(12-6-3-7-13-32)41-30-37-19-25(14-33)29(40-30)26-16-34-22-35-17-26/h2,4-5,8-11,16-22H,3,6-7,12-13,15H2,1H3,(H,38,44)(H,37,40,41). The lowest BCUT2D eigenvalue weighted by molar-refractivity contribution is 0.229. The van der Waals surface area contributed by atoms with Crippen molar-refractivity contribution in [2.24, 2.45) is 7.05 Å². The molecule has 2 N–H and O–H groups in total. The third kappa shape index (κ3) is 6.07. The summed E-state index contributed by atoms with van der Waals surface area (Å²) in [5.74, 6) is 0.778. The number of nitrogens with one attached hydrogen (secondary N) is 2. The Morgan fingerprint density at radius 3 is 2.43 bits per heavy atom. The van der Waals surface area contributed by atoms with Crippen LogP contribution >= 0.6 is 0 Å². The monoisotopic (exact) mass is 585 g/mol. The van der Waals surface area contributed by atoms with E-state index in [1.54, 1.807) is 34.4 Å². The highest BCUT2D eigenvalue weighted by atomic mass is 16.2. The summed E-state index contributed by atoms with van der Waals surface area (Å²) in [6.45, 7) is 0.353. The molecule has 1 aliphatic rings. The summed E-state index contributed by atoms with van der Waals surface area (Å²) in [6.07, 6.45) is 15.7. The highest BCUT2D eigenvalue weighted by Crippen LogP contribution is 2.37. The van der Waals surface area contributed by atoms with E-state index >= 15 is 0 Å². The lowest BCUT2D eigenvalue weighted by Crippen LogP contribution is -2.61. The molecule has 6 rings (SSSR count). The number of amides is 2. The molecule has 2 amide bonds. The summed E-state index contributed by atoms with van der Waals surface area (Å²) in [6, 6.07) is 15.4. The molecule has 1 fully saturated rings. The second-order valence-electron chi connectivity index (χ2n) is 10.7. The fourth-order valence-electron chi connectivity index (χ4n) is 5.54. The summed E-state index contributed by atoms with van der Waals surface area (Å²) >= 11 is 0. The average molecular weight is 586 g/mol. The van der Waals surface area contributed by atoms with Crippen LogP contribution in [-0.2, 0) is 13.6 Å². The maximum absolute atomic E-state index is 14.2. The molecule has 5 aromatic rings. The zero-order valence-corrected chi connectivity index (χ0v) is 24.3. The number of urea groups is 1. The minimum absolute atomic E-state index is 0.289. The van der Waals surface area contributed by atoms with Crippen molar-refractivity contribution < 1.29 is 4.79 Å². The Hall–Kier alpha value is -5.70. The number of carbonyl (C=O) groups is 1. The van der Waals surface area contributed by atoms with Gasteiger partial charge in [0.25, 0.3) is 0 Å². The second-order valence-corrected chi connectivity index (χ2v) is 10.7. The molecule has 1 saturated carbocycles. The van der Waals surface area contributed by atoms with Gasteiger partial charge in [0.15, 0.2) is 0 Å². The van der Waals surface area contributed by atoms with Crippen molar-refractivity contribution in [1.82, 2.24) is 40.0 Å². The molecule has 0 radical (unpaired) electrons. The molecule has 0 bridgehead atoms. The van der Waals surface area contributed by atoms with Gasteiger partial charge in [-0.2, -0.15) is 10.4 Å².